The van der Waals surface area contributed by atoms with Gasteiger partial charge in [0.2, 0.25) is 0 Å². The van der Waals surface area contributed by atoms with Crippen molar-refractivity contribution in [1.82, 2.24) is 4.90 Å². The van der Waals surface area contributed by atoms with E-state index in [4.69, 9.17) is 28.9 Å². The summed E-state index contributed by atoms with van der Waals surface area (Å²) in [4.78, 5) is 2.06. The van der Waals surface area contributed by atoms with Crippen LogP contribution in [0.4, 0.5) is 0 Å². The first-order chi connectivity index (χ1) is 6.56. The van der Waals surface area contributed by atoms with Crippen LogP contribution in [0, 0.1) is 0 Å². The van der Waals surface area contributed by atoms with Crippen LogP contribution in [0.3, 0.4) is 0 Å². The maximum absolute atomic E-state index is 5.93. The molecule has 0 aliphatic heterocycles. The number of rotatable bonds is 3. The first kappa shape index (κ1) is 11.8. The van der Waals surface area contributed by atoms with Gasteiger partial charge < -0.3 is 10.6 Å². The standard InChI is InChI=1S/C10H14Cl2N2/c1-14(2)10(6-13)7-3-4-8(11)9(12)5-7/h3-5,10H,6,13H2,1-2H3. The van der Waals surface area contributed by atoms with Crippen molar-refractivity contribution in [2.45, 2.75) is 6.04 Å². The van der Waals surface area contributed by atoms with Crippen molar-refractivity contribution in [1.29, 1.82) is 0 Å². The van der Waals surface area contributed by atoms with Gasteiger partial charge in [-0.2, -0.15) is 0 Å². The normalized spacial score (nSPS) is 13.3. The maximum atomic E-state index is 5.93. The van der Waals surface area contributed by atoms with Gasteiger partial charge in [0.15, 0.2) is 0 Å². The minimum Gasteiger partial charge on any atom is -0.329 e. The number of nitrogens with zero attached hydrogens (tertiary/aromatic N) is 1. The van der Waals surface area contributed by atoms with Gasteiger partial charge in [0, 0.05) is 12.6 Å². The Balaban J connectivity index is 3.00. The van der Waals surface area contributed by atoms with E-state index in [-0.39, 0.29) is 6.04 Å². The lowest BCUT2D eigenvalue weighted by atomic mass is 10.1. The van der Waals surface area contributed by atoms with Crippen LogP contribution >= 0.6 is 23.2 Å². The average Bonchev–Trinajstić information content (AvgIpc) is 2.11. The van der Waals surface area contributed by atoms with Crippen LogP contribution in [0.15, 0.2) is 18.2 Å². The molecule has 4 heteroatoms. The minimum absolute atomic E-state index is 0.185. The predicted molar refractivity (Wildman–Crippen MR) is 61.9 cm³/mol. The number of likely N-dealkylation sites (N-methyl/N-ethyl adjacent to an activating group) is 1. The Morgan fingerprint density at radius 2 is 1.93 bits per heavy atom. The molecule has 0 aromatic heterocycles. The fourth-order valence-corrected chi connectivity index (χ4v) is 1.67. The average molecular weight is 233 g/mol. The monoisotopic (exact) mass is 232 g/mol. The third-order valence-corrected chi connectivity index (χ3v) is 2.91. The van der Waals surface area contributed by atoms with Gasteiger partial charge in [-0.3, -0.25) is 0 Å². The Labute approximate surface area is 94.6 Å². The number of halogens is 2. The molecular formula is C10H14Cl2N2. The lowest BCUT2D eigenvalue weighted by Crippen LogP contribution is -2.27. The zero-order chi connectivity index (χ0) is 10.7. The van der Waals surface area contributed by atoms with Crippen molar-refractivity contribution in [3.63, 3.8) is 0 Å². The molecule has 1 rings (SSSR count). The van der Waals surface area contributed by atoms with E-state index in [0.29, 0.717) is 16.6 Å². The zero-order valence-corrected chi connectivity index (χ0v) is 9.81. The Bertz CT molecular complexity index is 313. The van der Waals surface area contributed by atoms with Crippen molar-refractivity contribution in [3.05, 3.63) is 33.8 Å². The van der Waals surface area contributed by atoms with Crippen molar-refractivity contribution < 1.29 is 0 Å². The summed E-state index contributed by atoms with van der Waals surface area (Å²) >= 11 is 11.8. The maximum Gasteiger partial charge on any atom is 0.0595 e. The third kappa shape index (κ3) is 2.61. The molecule has 0 saturated heterocycles. The number of benzene rings is 1. The molecule has 0 aliphatic rings. The summed E-state index contributed by atoms with van der Waals surface area (Å²) in [5, 5.41) is 1.15. The van der Waals surface area contributed by atoms with E-state index in [0.717, 1.165) is 5.56 Å². The predicted octanol–water partition coefficient (Wildman–Crippen LogP) is 2.55. The summed E-state index contributed by atoms with van der Waals surface area (Å²) in [6, 6.07) is 5.79. The molecular weight excluding hydrogens is 219 g/mol. The largest absolute Gasteiger partial charge is 0.329 e. The Morgan fingerprint density at radius 1 is 1.29 bits per heavy atom. The van der Waals surface area contributed by atoms with Gasteiger partial charge in [-0.25, -0.2) is 0 Å². The van der Waals surface area contributed by atoms with Gasteiger partial charge in [0.25, 0.3) is 0 Å². The molecule has 1 unspecified atom stereocenters. The molecule has 78 valence electrons. The highest BCUT2D eigenvalue weighted by Crippen LogP contribution is 2.26. The quantitative estimate of drug-likeness (QED) is 0.869. The lowest BCUT2D eigenvalue weighted by molar-refractivity contribution is 0.306. The van der Waals surface area contributed by atoms with Crippen LogP contribution in [-0.2, 0) is 0 Å². The zero-order valence-electron chi connectivity index (χ0n) is 8.30. The van der Waals surface area contributed by atoms with Crippen LogP contribution in [-0.4, -0.2) is 25.5 Å². The molecule has 0 saturated carbocycles. The second-order valence-corrected chi connectivity index (χ2v) is 4.20. The summed E-state index contributed by atoms with van der Waals surface area (Å²) in [5.74, 6) is 0. The molecule has 0 heterocycles. The fraction of sp³-hybridized carbons (Fsp3) is 0.400. The summed E-state index contributed by atoms with van der Waals surface area (Å²) < 4.78 is 0. The molecule has 0 aliphatic carbocycles. The van der Waals surface area contributed by atoms with Gasteiger partial charge in [-0.1, -0.05) is 29.3 Å². The molecule has 1 aromatic rings. The van der Waals surface area contributed by atoms with Gasteiger partial charge in [0.05, 0.1) is 10.0 Å². The lowest BCUT2D eigenvalue weighted by Gasteiger charge is -2.23. The Kier molecular flexibility index (Phi) is 4.20. The van der Waals surface area contributed by atoms with E-state index in [1.54, 1.807) is 6.07 Å². The first-order valence-corrected chi connectivity index (χ1v) is 5.13. The highest BCUT2D eigenvalue weighted by Gasteiger charge is 2.12. The molecule has 2 nitrogen and oxygen atoms in total. The van der Waals surface area contributed by atoms with Gasteiger partial charge >= 0.3 is 0 Å². The molecule has 0 fully saturated rings. The number of hydrogen-bond acceptors (Lipinski definition) is 2. The van der Waals surface area contributed by atoms with E-state index in [1.165, 1.54) is 0 Å². The van der Waals surface area contributed by atoms with Crippen molar-refractivity contribution in [2.24, 2.45) is 5.73 Å². The molecule has 0 amide bonds. The highest BCUT2D eigenvalue weighted by molar-refractivity contribution is 6.42. The summed E-state index contributed by atoms with van der Waals surface area (Å²) in [7, 11) is 3.97. The summed E-state index contributed by atoms with van der Waals surface area (Å²) in [6.45, 7) is 0.560. The SMILES string of the molecule is CN(C)C(CN)c1ccc(Cl)c(Cl)c1. The van der Waals surface area contributed by atoms with Crippen LogP contribution in [0.5, 0.6) is 0 Å². The second kappa shape index (κ2) is 4.99. The molecule has 2 N–H and O–H groups in total. The van der Waals surface area contributed by atoms with Crippen LogP contribution in [0.1, 0.15) is 11.6 Å². The summed E-state index contributed by atoms with van der Waals surface area (Å²) in [5.41, 5.74) is 6.77. The molecule has 0 radical (unpaired) electrons. The Hall–Kier alpha value is -0.280. The fourth-order valence-electron chi connectivity index (χ4n) is 1.36. The number of nitrogens with two attached hydrogens (primary N) is 1. The van der Waals surface area contributed by atoms with Gasteiger partial charge in [0.1, 0.15) is 0 Å². The molecule has 0 spiro atoms. The van der Waals surface area contributed by atoms with Crippen molar-refractivity contribution >= 4 is 23.2 Å². The topological polar surface area (TPSA) is 29.3 Å². The molecule has 1 aromatic carbocycles. The third-order valence-electron chi connectivity index (χ3n) is 2.18. The van der Waals surface area contributed by atoms with Gasteiger partial charge in [-0.05, 0) is 31.8 Å². The van der Waals surface area contributed by atoms with Crippen molar-refractivity contribution in [2.75, 3.05) is 20.6 Å². The molecule has 1 atom stereocenters. The molecule has 14 heavy (non-hydrogen) atoms. The smallest absolute Gasteiger partial charge is 0.0595 e. The Morgan fingerprint density at radius 3 is 2.36 bits per heavy atom. The number of hydrogen-bond donors (Lipinski definition) is 1. The van der Waals surface area contributed by atoms with E-state index in [9.17, 15) is 0 Å². The van der Waals surface area contributed by atoms with E-state index in [2.05, 4.69) is 4.90 Å². The highest BCUT2D eigenvalue weighted by atomic mass is 35.5. The van der Waals surface area contributed by atoms with E-state index in [1.807, 2.05) is 26.2 Å². The van der Waals surface area contributed by atoms with Crippen LogP contribution in [0.2, 0.25) is 10.0 Å². The summed E-state index contributed by atoms with van der Waals surface area (Å²) in [6.07, 6.45) is 0. The van der Waals surface area contributed by atoms with Crippen LogP contribution in [0.25, 0.3) is 0 Å². The van der Waals surface area contributed by atoms with Gasteiger partial charge in [-0.15, -0.1) is 0 Å². The van der Waals surface area contributed by atoms with E-state index < -0.39 is 0 Å². The minimum atomic E-state index is 0.185. The van der Waals surface area contributed by atoms with Crippen molar-refractivity contribution in [3.8, 4) is 0 Å². The molecule has 0 bridgehead atoms. The van der Waals surface area contributed by atoms with Crippen LogP contribution < -0.4 is 5.73 Å². The second-order valence-electron chi connectivity index (χ2n) is 3.39. The van der Waals surface area contributed by atoms with E-state index >= 15 is 0 Å². The first-order valence-electron chi connectivity index (χ1n) is 4.37.